The maximum Gasteiger partial charge on any atom is 0.243 e. The monoisotopic (exact) mass is 398 g/mol. The summed E-state index contributed by atoms with van der Waals surface area (Å²) in [6.45, 7) is 0.652. The molecule has 9 nitrogen and oxygen atoms in total. The van der Waals surface area contributed by atoms with Gasteiger partial charge in [-0.2, -0.15) is 14.6 Å². The second-order valence-corrected chi connectivity index (χ2v) is 8.13. The molecule has 6 rings (SSSR count). The number of alkyl halides is 1. The fourth-order valence-corrected chi connectivity index (χ4v) is 5.04. The molecule has 3 aromatic heterocycles. The van der Waals surface area contributed by atoms with Crippen molar-refractivity contribution in [1.29, 1.82) is 0 Å². The number of nitrogens with zero attached hydrogens (tertiary/aromatic N) is 6. The van der Waals surface area contributed by atoms with Crippen molar-refractivity contribution >= 4 is 17.3 Å². The number of hydrogen-bond acceptors (Lipinski definition) is 7. The molecular weight excluding hydrogens is 375 g/mol. The van der Waals surface area contributed by atoms with Crippen LogP contribution >= 0.6 is 0 Å². The van der Waals surface area contributed by atoms with Crippen molar-refractivity contribution in [2.45, 2.75) is 56.4 Å². The van der Waals surface area contributed by atoms with E-state index in [1.54, 1.807) is 17.0 Å². The number of rotatable bonds is 4. The minimum atomic E-state index is -1.07. The van der Waals surface area contributed by atoms with Gasteiger partial charge in [-0.05, 0) is 32.1 Å². The van der Waals surface area contributed by atoms with Crippen molar-refractivity contribution < 1.29 is 9.13 Å². The average molecular weight is 398 g/mol. The number of fused-ring (bicyclic) bond motifs is 3. The lowest BCUT2D eigenvalue weighted by atomic mass is 10.0. The highest BCUT2D eigenvalue weighted by Crippen LogP contribution is 2.45. The Bertz CT molecular complexity index is 1000. The summed E-state index contributed by atoms with van der Waals surface area (Å²) in [4.78, 5) is 12.0. The Hall–Kier alpha value is -2.75. The number of H-pyrrole nitrogens is 1. The fraction of sp³-hybridized carbons (Fsp3) is 0.579. The summed E-state index contributed by atoms with van der Waals surface area (Å²) < 4.78 is 21.1. The predicted octanol–water partition coefficient (Wildman–Crippen LogP) is 2.18. The summed E-state index contributed by atoms with van der Waals surface area (Å²) in [6, 6.07) is 0.684. The van der Waals surface area contributed by atoms with Crippen LogP contribution in [-0.4, -0.2) is 67.3 Å². The number of aromatic amines is 1. The van der Waals surface area contributed by atoms with Crippen LogP contribution in [-0.2, 0) is 4.74 Å². The highest BCUT2D eigenvalue weighted by molar-refractivity contribution is 5.86. The second kappa shape index (κ2) is 6.65. The number of ether oxygens (including phenoxy) is 1. The molecule has 152 valence electrons. The van der Waals surface area contributed by atoms with Crippen LogP contribution < -0.4 is 10.2 Å². The van der Waals surface area contributed by atoms with Crippen molar-refractivity contribution in [2.75, 3.05) is 23.4 Å². The first kappa shape index (κ1) is 17.1. The molecule has 3 aliphatic rings. The van der Waals surface area contributed by atoms with E-state index in [9.17, 15) is 4.39 Å². The first-order chi connectivity index (χ1) is 14.3. The molecule has 0 saturated carbocycles. The van der Waals surface area contributed by atoms with Crippen LogP contribution in [0.5, 0.6) is 0 Å². The van der Waals surface area contributed by atoms with E-state index in [4.69, 9.17) is 14.7 Å². The topological polar surface area (TPSA) is 96.3 Å². The molecule has 2 atom stereocenters. The van der Waals surface area contributed by atoms with Crippen LogP contribution in [0.3, 0.4) is 0 Å². The zero-order chi connectivity index (χ0) is 19.4. The van der Waals surface area contributed by atoms with Crippen molar-refractivity contribution in [1.82, 2.24) is 29.8 Å². The molecule has 10 heteroatoms. The van der Waals surface area contributed by atoms with Crippen LogP contribution in [0.25, 0.3) is 16.9 Å². The molecule has 0 amide bonds. The Balaban J connectivity index is 1.45. The number of halogens is 1. The maximum absolute atomic E-state index is 14.2. The first-order valence-corrected chi connectivity index (χ1v) is 10.3. The lowest BCUT2D eigenvalue weighted by Gasteiger charge is -2.26. The second-order valence-electron chi connectivity index (χ2n) is 8.13. The van der Waals surface area contributed by atoms with E-state index < -0.39 is 6.17 Å². The minimum absolute atomic E-state index is 0.111. The quantitative estimate of drug-likeness (QED) is 0.695. The third-order valence-electron chi connectivity index (χ3n) is 6.45. The number of nitrogens with one attached hydrogen (secondary N) is 2. The SMILES string of the molecule is FC1COCCC1Nc1nc2c(N3C4CCC3CC4)c(-c3cn[nH]c3)ncn2n1. The molecule has 3 saturated heterocycles. The van der Waals surface area contributed by atoms with Crippen LogP contribution in [0, 0.1) is 0 Å². The first-order valence-electron chi connectivity index (χ1n) is 10.3. The van der Waals surface area contributed by atoms with E-state index in [0.717, 1.165) is 22.6 Å². The molecule has 0 spiro atoms. The maximum atomic E-state index is 14.2. The summed E-state index contributed by atoms with van der Waals surface area (Å²) in [5.74, 6) is 0.429. The number of hydrogen-bond donors (Lipinski definition) is 2. The van der Waals surface area contributed by atoms with Gasteiger partial charge in [0, 0.05) is 30.5 Å². The molecule has 2 unspecified atom stereocenters. The lowest BCUT2D eigenvalue weighted by molar-refractivity contribution is 0.0284. The number of aromatic nitrogens is 6. The summed E-state index contributed by atoms with van der Waals surface area (Å²) in [5, 5.41) is 14.7. The highest BCUT2D eigenvalue weighted by atomic mass is 19.1. The Morgan fingerprint density at radius 2 is 2.00 bits per heavy atom. The largest absolute Gasteiger partial charge is 0.378 e. The molecular formula is C19H23FN8O. The van der Waals surface area contributed by atoms with Gasteiger partial charge in [0.05, 0.1) is 18.8 Å². The Morgan fingerprint density at radius 3 is 2.72 bits per heavy atom. The number of anilines is 2. The van der Waals surface area contributed by atoms with E-state index >= 15 is 0 Å². The van der Waals surface area contributed by atoms with Crippen LogP contribution in [0.2, 0.25) is 0 Å². The van der Waals surface area contributed by atoms with Gasteiger partial charge in [-0.3, -0.25) is 5.10 Å². The van der Waals surface area contributed by atoms with E-state index in [1.807, 2.05) is 6.20 Å². The van der Waals surface area contributed by atoms with Crippen LogP contribution in [0.1, 0.15) is 32.1 Å². The molecule has 3 fully saturated rings. The molecule has 3 aliphatic heterocycles. The third-order valence-corrected chi connectivity index (χ3v) is 6.45. The van der Waals surface area contributed by atoms with Crippen LogP contribution in [0.15, 0.2) is 18.7 Å². The Kier molecular flexibility index (Phi) is 3.93. The van der Waals surface area contributed by atoms with E-state index in [0.29, 0.717) is 31.1 Å². The zero-order valence-electron chi connectivity index (χ0n) is 16.0. The van der Waals surface area contributed by atoms with E-state index in [2.05, 4.69) is 25.5 Å². The average Bonchev–Trinajstić information content (AvgIpc) is 3.53. The molecule has 2 N–H and O–H groups in total. The molecule has 6 heterocycles. The van der Waals surface area contributed by atoms with Gasteiger partial charge in [0.1, 0.15) is 23.9 Å². The zero-order valence-corrected chi connectivity index (χ0v) is 16.0. The molecule has 0 aliphatic carbocycles. The van der Waals surface area contributed by atoms with Gasteiger partial charge >= 0.3 is 0 Å². The van der Waals surface area contributed by atoms with Gasteiger partial charge in [-0.15, -0.1) is 5.10 Å². The third kappa shape index (κ3) is 2.77. The standard InChI is InChI=1S/C19H23FN8O/c20-14-9-29-6-5-15(14)24-19-25-18-17(28-12-1-2-13(28)4-3-12)16(11-7-22-23-8-11)21-10-27(18)26-19/h7-8,10,12-15H,1-6,9H2,(H,22,23)(H,24,26). The van der Waals surface area contributed by atoms with Crippen molar-refractivity contribution in [2.24, 2.45) is 0 Å². The molecule has 3 aromatic rings. The minimum Gasteiger partial charge on any atom is -0.378 e. The normalized spacial score (nSPS) is 29.1. The van der Waals surface area contributed by atoms with Crippen molar-refractivity contribution in [3.63, 3.8) is 0 Å². The van der Waals surface area contributed by atoms with Crippen LogP contribution in [0.4, 0.5) is 16.0 Å². The van der Waals surface area contributed by atoms with Gasteiger partial charge < -0.3 is 15.0 Å². The molecule has 29 heavy (non-hydrogen) atoms. The Morgan fingerprint density at radius 1 is 1.17 bits per heavy atom. The van der Waals surface area contributed by atoms with Crippen molar-refractivity contribution in [3.05, 3.63) is 18.7 Å². The highest BCUT2D eigenvalue weighted by Gasteiger charge is 2.42. The molecule has 0 aromatic carbocycles. The summed E-state index contributed by atoms with van der Waals surface area (Å²) in [6.07, 6.45) is 9.62. The fourth-order valence-electron chi connectivity index (χ4n) is 5.04. The van der Waals surface area contributed by atoms with Gasteiger partial charge in [0.15, 0.2) is 5.65 Å². The smallest absolute Gasteiger partial charge is 0.243 e. The summed E-state index contributed by atoms with van der Waals surface area (Å²) >= 11 is 0. The summed E-state index contributed by atoms with van der Waals surface area (Å²) in [5.41, 5.74) is 3.54. The molecule has 0 radical (unpaired) electrons. The van der Waals surface area contributed by atoms with Crippen molar-refractivity contribution in [3.8, 4) is 11.3 Å². The molecule has 2 bridgehead atoms. The van der Waals surface area contributed by atoms with Gasteiger partial charge in [0.2, 0.25) is 5.95 Å². The van der Waals surface area contributed by atoms with Gasteiger partial charge in [-0.25, -0.2) is 9.37 Å². The summed E-state index contributed by atoms with van der Waals surface area (Å²) in [7, 11) is 0. The van der Waals surface area contributed by atoms with Gasteiger partial charge in [-0.1, -0.05) is 0 Å². The Labute approximate surface area is 166 Å². The lowest BCUT2D eigenvalue weighted by Crippen LogP contribution is -2.39. The predicted molar refractivity (Wildman–Crippen MR) is 105 cm³/mol. The van der Waals surface area contributed by atoms with E-state index in [1.165, 1.54) is 25.7 Å². The van der Waals surface area contributed by atoms with Gasteiger partial charge in [0.25, 0.3) is 0 Å². The van der Waals surface area contributed by atoms with E-state index in [-0.39, 0.29) is 12.6 Å².